The number of hydrogen-bond donors (Lipinski definition) is 1. The van der Waals surface area contributed by atoms with Crippen molar-refractivity contribution in [1.29, 1.82) is 0 Å². The number of benzene rings is 1. The molecule has 0 aromatic heterocycles. The van der Waals surface area contributed by atoms with Crippen molar-refractivity contribution in [2.45, 2.75) is 19.3 Å². The average Bonchev–Trinajstić information content (AvgIpc) is 2.45. The number of aliphatic carboxylic acids is 1. The molecule has 0 spiro atoms. The Bertz CT molecular complexity index is 559. The van der Waals surface area contributed by atoms with Crippen molar-refractivity contribution in [3.63, 3.8) is 0 Å². The van der Waals surface area contributed by atoms with Crippen molar-refractivity contribution >= 4 is 11.9 Å². The van der Waals surface area contributed by atoms with Gasteiger partial charge in [-0.25, -0.2) is 0 Å². The van der Waals surface area contributed by atoms with Gasteiger partial charge in [0.2, 0.25) is 5.91 Å². The van der Waals surface area contributed by atoms with Gasteiger partial charge in [-0.2, -0.15) is 0 Å². The van der Waals surface area contributed by atoms with E-state index in [2.05, 4.69) is 12.0 Å². The van der Waals surface area contributed by atoms with E-state index in [4.69, 9.17) is 11.5 Å². The first kappa shape index (κ1) is 14.1. The quantitative estimate of drug-likeness (QED) is 0.841. The van der Waals surface area contributed by atoms with E-state index in [-0.39, 0.29) is 24.9 Å². The molecule has 104 valence electrons. The highest BCUT2D eigenvalue weighted by atomic mass is 16.4. The highest BCUT2D eigenvalue weighted by molar-refractivity contribution is 5.83. The number of amides is 1. The minimum atomic E-state index is -1.04. The molecule has 1 aromatic rings. The van der Waals surface area contributed by atoms with Crippen LogP contribution in [-0.4, -0.2) is 35.0 Å². The van der Waals surface area contributed by atoms with Gasteiger partial charge in [-0.15, -0.1) is 6.42 Å². The third-order valence-electron chi connectivity index (χ3n) is 3.62. The number of nitrogens with zero attached hydrogens (tertiary/aromatic N) is 1. The molecule has 1 amide bonds. The van der Waals surface area contributed by atoms with Gasteiger partial charge in [0.1, 0.15) is 6.54 Å². The Labute approximate surface area is 118 Å². The minimum Gasteiger partial charge on any atom is -0.480 e. The third-order valence-corrected chi connectivity index (χ3v) is 3.62. The summed E-state index contributed by atoms with van der Waals surface area (Å²) < 4.78 is 0. The molecule has 4 nitrogen and oxygen atoms in total. The first-order chi connectivity index (χ1) is 9.61. The van der Waals surface area contributed by atoms with Gasteiger partial charge in [0.25, 0.3) is 0 Å². The van der Waals surface area contributed by atoms with Crippen LogP contribution in [0.4, 0.5) is 0 Å². The Morgan fingerprint density at radius 3 is 2.70 bits per heavy atom. The highest BCUT2D eigenvalue weighted by Crippen LogP contribution is 2.26. The maximum Gasteiger partial charge on any atom is 0.323 e. The van der Waals surface area contributed by atoms with E-state index < -0.39 is 5.97 Å². The second-order valence-corrected chi connectivity index (χ2v) is 5.00. The second kappa shape index (κ2) is 6.25. The van der Waals surface area contributed by atoms with Gasteiger partial charge < -0.3 is 10.0 Å². The molecule has 20 heavy (non-hydrogen) atoms. The van der Waals surface area contributed by atoms with Gasteiger partial charge in [0, 0.05) is 5.92 Å². The maximum atomic E-state index is 12.4. The van der Waals surface area contributed by atoms with Crippen molar-refractivity contribution < 1.29 is 14.7 Å². The molecule has 1 atom stereocenters. The van der Waals surface area contributed by atoms with E-state index in [1.807, 2.05) is 18.2 Å². The first-order valence-electron chi connectivity index (χ1n) is 6.62. The summed E-state index contributed by atoms with van der Waals surface area (Å²) in [6, 6.07) is 8.06. The Kier molecular flexibility index (Phi) is 4.41. The molecule has 0 bridgehead atoms. The topological polar surface area (TPSA) is 57.6 Å². The van der Waals surface area contributed by atoms with Gasteiger partial charge in [0.15, 0.2) is 0 Å². The lowest BCUT2D eigenvalue weighted by molar-refractivity contribution is -0.146. The summed E-state index contributed by atoms with van der Waals surface area (Å²) in [5.74, 6) is 0.995. The fourth-order valence-electron chi connectivity index (χ4n) is 2.65. The van der Waals surface area contributed by atoms with Crippen molar-refractivity contribution in [2.24, 2.45) is 5.92 Å². The van der Waals surface area contributed by atoms with E-state index in [1.54, 1.807) is 0 Å². The second-order valence-electron chi connectivity index (χ2n) is 5.00. The van der Waals surface area contributed by atoms with Crippen LogP contribution in [0.15, 0.2) is 24.3 Å². The van der Waals surface area contributed by atoms with Crippen LogP contribution in [-0.2, 0) is 22.4 Å². The number of aryl methyl sites for hydroxylation is 1. The standard InChI is InChI=1S/C16H17NO3/c1-2-9-17(11-15(18)19)16(20)14-8-7-12-5-3-4-6-13(12)10-14/h1,3-6,14H,7-11H2,(H,18,19). The van der Waals surface area contributed by atoms with Crippen LogP contribution in [0, 0.1) is 18.3 Å². The van der Waals surface area contributed by atoms with Gasteiger partial charge in [-0.1, -0.05) is 30.2 Å². The molecule has 1 aliphatic rings. The van der Waals surface area contributed by atoms with Crippen molar-refractivity contribution in [3.05, 3.63) is 35.4 Å². The Hall–Kier alpha value is -2.28. The molecule has 0 saturated carbocycles. The molecule has 0 fully saturated rings. The lowest BCUT2D eigenvalue weighted by Crippen LogP contribution is -2.41. The molecule has 0 radical (unpaired) electrons. The number of carbonyl (C=O) groups is 2. The van der Waals surface area contributed by atoms with Crippen LogP contribution in [0.1, 0.15) is 17.5 Å². The lowest BCUT2D eigenvalue weighted by Gasteiger charge is -2.28. The summed E-state index contributed by atoms with van der Waals surface area (Å²) >= 11 is 0. The molecule has 4 heteroatoms. The fourth-order valence-corrected chi connectivity index (χ4v) is 2.65. The Balaban J connectivity index is 2.10. The molecule has 1 N–H and O–H groups in total. The van der Waals surface area contributed by atoms with Crippen molar-refractivity contribution in [2.75, 3.05) is 13.1 Å². The van der Waals surface area contributed by atoms with E-state index in [0.717, 1.165) is 12.8 Å². The van der Waals surface area contributed by atoms with Crippen LogP contribution in [0.3, 0.4) is 0 Å². The zero-order chi connectivity index (χ0) is 14.5. The van der Waals surface area contributed by atoms with Crippen LogP contribution in [0.2, 0.25) is 0 Å². The molecular formula is C16H17NO3. The number of rotatable bonds is 4. The number of carboxylic acid groups (broad SMARTS) is 1. The molecule has 0 saturated heterocycles. The third kappa shape index (κ3) is 3.18. The fraction of sp³-hybridized carbons (Fsp3) is 0.375. The minimum absolute atomic E-state index is 0.0449. The van der Waals surface area contributed by atoms with Crippen LogP contribution in [0.5, 0.6) is 0 Å². The Morgan fingerprint density at radius 1 is 1.35 bits per heavy atom. The number of hydrogen-bond acceptors (Lipinski definition) is 2. The normalized spacial score (nSPS) is 16.9. The maximum absolute atomic E-state index is 12.4. The Morgan fingerprint density at radius 2 is 2.05 bits per heavy atom. The molecule has 1 unspecified atom stereocenters. The summed E-state index contributed by atoms with van der Waals surface area (Å²) in [5, 5.41) is 8.85. The summed E-state index contributed by atoms with van der Waals surface area (Å²) in [6.45, 7) is -0.287. The van der Waals surface area contributed by atoms with E-state index in [0.29, 0.717) is 6.42 Å². The van der Waals surface area contributed by atoms with Crippen molar-refractivity contribution in [3.8, 4) is 12.3 Å². The number of carboxylic acids is 1. The van der Waals surface area contributed by atoms with Gasteiger partial charge >= 0.3 is 5.97 Å². The number of fused-ring (bicyclic) bond motifs is 1. The van der Waals surface area contributed by atoms with E-state index >= 15 is 0 Å². The highest BCUT2D eigenvalue weighted by Gasteiger charge is 2.28. The van der Waals surface area contributed by atoms with Crippen LogP contribution in [0.25, 0.3) is 0 Å². The van der Waals surface area contributed by atoms with Gasteiger partial charge in [-0.05, 0) is 30.4 Å². The summed E-state index contributed by atoms with van der Waals surface area (Å²) in [4.78, 5) is 24.5. The number of terminal acetylenes is 1. The molecular weight excluding hydrogens is 254 g/mol. The zero-order valence-electron chi connectivity index (χ0n) is 11.2. The van der Waals surface area contributed by atoms with Gasteiger partial charge in [-0.3, -0.25) is 9.59 Å². The SMILES string of the molecule is C#CCN(CC(=O)O)C(=O)C1CCc2ccccc2C1. The molecule has 1 aliphatic carbocycles. The van der Waals surface area contributed by atoms with E-state index in [9.17, 15) is 9.59 Å². The first-order valence-corrected chi connectivity index (χ1v) is 6.62. The predicted octanol–water partition coefficient (Wildman–Crippen LogP) is 1.34. The molecule has 2 rings (SSSR count). The summed E-state index contributed by atoms with van der Waals surface area (Å²) in [5.41, 5.74) is 2.45. The largest absolute Gasteiger partial charge is 0.480 e. The average molecular weight is 271 g/mol. The summed E-state index contributed by atoms with van der Waals surface area (Å²) in [7, 11) is 0. The smallest absolute Gasteiger partial charge is 0.323 e. The van der Waals surface area contributed by atoms with E-state index in [1.165, 1.54) is 16.0 Å². The molecule has 0 aliphatic heterocycles. The lowest BCUT2D eigenvalue weighted by atomic mass is 9.83. The van der Waals surface area contributed by atoms with Crippen LogP contribution < -0.4 is 0 Å². The number of carbonyl (C=O) groups excluding carboxylic acids is 1. The molecule has 1 aromatic carbocycles. The summed E-state index contributed by atoms with van der Waals surface area (Å²) in [6.07, 6.45) is 7.47. The van der Waals surface area contributed by atoms with Crippen molar-refractivity contribution in [1.82, 2.24) is 4.90 Å². The zero-order valence-corrected chi connectivity index (χ0v) is 11.2. The monoisotopic (exact) mass is 271 g/mol. The molecule has 0 heterocycles. The van der Waals surface area contributed by atoms with Gasteiger partial charge in [0.05, 0.1) is 6.54 Å². The predicted molar refractivity (Wildman–Crippen MR) is 75.0 cm³/mol. The van der Waals surface area contributed by atoms with Crippen LogP contribution >= 0.6 is 0 Å².